The van der Waals surface area contributed by atoms with E-state index in [1.807, 2.05) is 10.8 Å². The normalized spacial score (nSPS) is 10.8. The third-order valence-electron chi connectivity index (χ3n) is 2.43. The van der Waals surface area contributed by atoms with Crippen LogP contribution in [0.1, 0.15) is 5.56 Å². The second kappa shape index (κ2) is 5.27. The van der Waals surface area contributed by atoms with Crippen LogP contribution in [0.15, 0.2) is 47.4 Å². The molecule has 0 saturated heterocycles. The van der Waals surface area contributed by atoms with Crippen LogP contribution in [0.25, 0.3) is 0 Å². The number of halogens is 2. The molecule has 0 saturated carbocycles. The second-order valence-corrected chi connectivity index (χ2v) is 5.47. The molecule has 2 aromatic rings. The lowest BCUT2D eigenvalue weighted by molar-refractivity contribution is 0.521. The minimum absolute atomic E-state index is 0.0479. The van der Waals surface area contributed by atoms with Crippen molar-refractivity contribution >= 4 is 15.7 Å². The summed E-state index contributed by atoms with van der Waals surface area (Å²) in [5, 5.41) is 8.72. The number of rotatable bonds is 3. The summed E-state index contributed by atoms with van der Waals surface area (Å²) in [4.78, 5) is -1.05. The van der Waals surface area contributed by atoms with Crippen molar-refractivity contribution in [1.29, 1.82) is 5.26 Å². The molecule has 0 fully saturated rings. The highest BCUT2D eigenvalue weighted by atomic mass is 32.2. The molecule has 2 rings (SSSR count). The van der Waals surface area contributed by atoms with E-state index >= 15 is 0 Å². The van der Waals surface area contributed by atoms with E-state index in [2.05, 4.69) is 0 Å². The smallest absolute Gasteiger partial charge is 0.267 e. The quantitative estimate of drug-likeness (QED) is 0.946. The van der Waals surface area contributed by atoms with Crippen molar-refractivity contribution < 1.29 is 17.2 Å². The summed E-state index contributed by atoms with van der Waals surface area (Å²) in [5.41, 5.74) is 0.269. The van der Waals surface area contributed by atoms with Crippen molar-refractivity contribution in [3.63, 3.8) is 0 Å². The third kappa shape index (κ3) is 2.75. The van der Waals surface area contributed by atoms with Gasteiger partial charge in [0.1, 0.15) is 11.6 Å². The zero-order chi connectivity index (χ0) is 14.8. The highest BCUT2D eigenvalue weighted by Crippen LogP contribution is 2.22. The van der Waals surface area contributed by atoms with Gasteiger partial charge in [0.05, 0.1) is 17.3 Å². The Morgan fingerprint density at radius 3 is 2.25 bits per heavy atom. The maximum atomic E-state index is 13.5. The van der Waals surface area contributed by atoms with Gasteiger partial charge in [-0.05, 0) is 30.3 Å². The molecular formula is C13H8F2N2O2S. The van der Waals surface area contributed by atoms with E-state index in [0.717, 1.165) is 18.2 Å². The SMILES string of the molecule is N#Cc1cccc(NS(=O)(=O)c2c(F)cccc2F)c1. The van der Waals surface area contributed by atoms with Crippen LogP contribution in [0.2, 0.25) is 0 Å². The summed E-state index contributed by atoms with van der Waals surface area (Å²) in [6.07, 6.45) is 0. The van der Waals surface area contributed by atoms with Gasteiger partial charge in [0.15, 0.2) is 4.90 Å². The van der Waals surface area contributed by atoms with Gasteiger partial charge < -0.3 is 0 Å². The lowest BCUT2D eigenvalue weighted by Crippen LogP contribution is -2.16. The van der Waals surface area contributed by atoms with E-state index in [-0.39, 0.29) is 11.3 Å². The zero-order valence-electron chi connectivity index (χ0n) is 9.97. The Morgan fingerprint density at radius 1 is 1.05 bits per heavy atom. The standard InChI is InChI=1S/C13H8F2N2O2S/c14-11-5-2-6-12(15)13(11)20(18,19)17-10-4-1-3-9(7-10)8-16/h1-7,17H. The molecule has 4 nitrogen and oxygen atoms in total. The molecule has 1 N–H and O–H groups in total. The highest BCUT2D eigenvalue weighted by molar-refractivity contribution is 7.92. The number of hydrogen-bond acceptors (Lipinski definition) is 3. The second-order valence-electron chi connectivity index (χ2n) is 3.85. The van der Waals surface area contributed by atoms with E-state index in [1.165, 1.54) is 24.3 Å². The number of nitrogens with one attached hydrogen (secondary N) is 1. The number of nitriles is 1. The first-order valence-corrected chi connectivity index (χ1v) is 6.89. The largest absolute Gasteiger partial charge is 0.279 e. The van der Waals surface area contributed by atoms with Crippen LogP contribution in [0, 0.1) is 23.0 Å². The first-order chi connectivity index (χ1) is 9.44. The Balaban J connectivity index is 2.44. The van der Waals surface area contributed by atoms with Crippen LogP contribution in [0.3, 0.4) is 0 Å². The van der Waals surface area contributed by atoms with Crippen molar-refractivity contribution in [3.8, 4) is 6.07 Å². The van der Waals surface area contributed by atoms with Gasteiger partial charge in [-0.1, -0.05) is 12.1 Å². The molecule has 20 heavy (non-hydrogen) atoms. The van der Waals surface area contributed by atoms with E-state index in [1.54, 1.807) is 0 Å². The monoisotopic (exact) mass is 294 g/mol. The maximum absolute atomic E-state index is 13.5. The third-order valence-corrected chi connectivity index (χ3v) is 3.86. The Hall–Kier alpha value is -2.46. The van der Waals surface area contributed by atoms with Gasteiger partial charge in [-0.3, -0.25) is 4.72 Å². The summed E-state index contributed by atoms with van der Waals surface area (Å²) in [6.45, 7) is 0. The van der Waals surface area contributed by atoms with Crippen LogP contribution in [0.4, 0.5) is 14.5 Å². The highest BCUT2D eigenvalue weighted by Gasteiger charge is 2.23. The van der Waals surface area contributed by atoms with Crippen molar-refractivity contribution in [1.82, 2.24) is 0 Å². The average Bonchev–Trinajstić information content (AvgIpc) is 2.37. The Morgan fingerprint density at radius 2 is 1.65 bits per heavy atom. The van der Waals surface area contributed by atoms with Gasteiger partial charge in [0.2, 0.25) is 0 Å². The van der Waals surface area contributed by atoms with Crippen molar-refractivity contribution in [3.05, 3.63) is 59.7 Å². The Kier molecular flexibility index (Phi) is 3.68. The predicted molar refractivity (Wildman–Crippen MR) is 68.3 cm³/mol. The van der Waals surface area contributed by atoms with E-state index in [0.29, 0.717) is 0 Å². The average molecular weight is 294 g/mol. The van der Waals surface area contributed by atoms with E-state index < -0.39 is 26.6 Å². The molecular weight excluding hydrogens is 286 g/mol. The van der Waals surface area contributed by atoms with Gasteiger partial charge in [0, 0.05) is 0 Å². The zero-order valence-corrected chi connectivity index (χ0v) is 10.8. The Bertz CT molecular complexity index is 778. The number of hydrogen-bond donors (Lipinski definition) is 1. The minimum Gasteiger partial charge on any atom is -0.279 e. The molecule has 0 atom stereocenters. The molecule has 0 spiro atoms. The molecule has 0 aliphatic carbocycles. The van der Waals surface area contributed by atoms with Crippen LogP contribution >= 0.6 is 0 Å². The van der Waals surface area contributed by atoms with Gasteiger partial charge in [-0.2, -0.15) is 5.26 Å². The molecule has 7 heteroatoms. The fourth-order valence-electron chi connectivity index (χ4n) is 1.60. The van der Waals surface area contributed by atoms with Crippen LogP contribution in [-0.4, -0.2) is 8.42 Å². The number of nitrogens with zero attached hydrogens (tertiary/aromatic N) is 1. The predicted octanol–water partition coefficient (Wildman–Crippen LogP) is 2.64. The molecule has 102 valence electrons. The summed E-state index contributed by atoms with van der Waals surface area (Å²) < 4.78 is 52.9. The van der Waals surface area contributed by atoms with E-state index in [4.69, 9.17) is 5.26 Å². The molecule has 0 amide bonds. The van der Waals surface area contributed by atoms with E-state index in [9.17, 15) is 17.2 Å². The molecule has 0 bridgehead atoms. The lowest BCUT2D eigenvalue weighted by Gasteiger charge is -2.09. The van der Waals surface area contributed by atoms with Gasteiger partial charge in [0.25, 0.3) is 10.0 Å². The van der Waals surface area contributed by atoms with Crippen molar-refractivity contribution in [2.45, 2.75) is 4.90 Å². The first-order valence-electron chi connectivity index (χ1n) is 5.41. The van der Waals surface area contributed by atoms with Gasteiger partial charge >= 0.3 is 0 Å². The summed E-state index contributed by atoms with van der Waals surface area (Å²) >= 11 is 0. The van der Waals surface area contributed by atoms with Crippen molar-refractivity contribution in [2.24, 2.45) is 0 Å². The van der Waals surface area contributed by atoms with Crippen molar-refractivity contribution in [2.75, 3.05) is 4.72 Å². The molecule has 2 aromatic carbocycles. The molecule has 0 aromatic heterocycles. The molecule has 0 heterocycles. The molecule has 0 unspecified atom stereocenters. The summed E-state index contributed by atoms with van der Waals surface area (Å²) in [5.74, 6) is -2.37. The Labute approximate surface area is 114 Å². The van der Waals surface area contributed by atoms with Gasteiger partial charge in [-0.25, -0.2) is 17.2 Å². The molecule has 0 aliphatic rings. The number of anilines is 1. The fourth-order valence-corrected chi connectivity index (χ4v) is 2.79. The summed E-state index contributed by atoms with van der Waals surface area (Å²) in [6, 6.07) is 10.2. The minimum atomic E-state index is -4.41. The fraction of sp³-hybridized carbons (Fsp3) is 0. The number of sulfonamides is 1. The van der Waals surface area contributed by atoms with Crippen LogP contribution in [0.5, 0.6) is 0 Å². The lowest BCUT2D eigenvalue weighted by atomic mass is 10.2. The molecule has 0 radical (unpaired) electrons. The van der Waals surface area contributed by atoms with Crippen LogP contribution < -0.4 is 4.72 Å². The topological polar surface area (TPSA) is 70.0 Å². The first kappa shape index (κ1) is 14.0. The van der Waals surface area contributed by atoms with Gasteiger partial charge in [-0.15, -0.1) is 0 Å². The molecule has 0 aliphatic heterocycles. The van der Waals surface area contributed by atoms with Crippen LogP contribution in [-0.2, 0) is 10.0 Å². The summed E-state index contributed by atoms with van der Waals surface area (Å²) in [7, 11) is -4.41. The number of benzene rings is 2. The maximum Gasteiger partial charge on any atom is 0.267 e.